The van der Waals surface area contributed by atoms with Crippen LogP contribution in [0.15, 0.2) is 93.6 Å². The Labute approximate surface area is 198 Å². The molecule has 0 unspecified atom stereocenters. The zero-order valence-corrected chi connectivity index (χ0v) is 18.5. The van der Waals surface area contributed by atoms with Crippen LogP contribution in [0.5, 0.6) is 11.5 Å². The average molecular weight is 476 g/mol. The molecule has 1 aliphatic rings. The third kappa shape index (κ3) is 4.79. The van der Waals surface area contributed by atoms with Crippen LogP contribution in [0, 0.1) is 5.82 Å². The first kappa shape index (κ1) is 21.7. The van der Waals surface area contributed by atoms with Crippen molar-refractivity contribution in [2.75, 3.05) is 6.79 Å². The number of amides is 1. The highest BCUT2D eigenvalue weighted by atomic mass is 32.2. The Kier molecular flexibility index (Phi) is 6.01. The summed E-state index contributed by atoms with van der Waals surface area (Å²) in [6.07, 6.45) is 0. The number of benzene rings is 3. The van der Waals surface area contributed by atoms with Gasteiger partial charge in [-0.25, -0.2) is 4.39 Å². The highest BCUT2D eigenvalue weighted by Crippen LogP contribution is 2.32. The van der Waals surface area contributed by atoms with Crippen LogP contribution in [0.25, 0.3) is 5.69 Å². The van der Waals surface area contributed by atoms with Gasteiger partial charge in [0.1, 0.15) is 10.8 Å². The minimum Gasteiger partial charge on any atom is -0.454 e. The summed E-state index contributed by atoms with van der Waals surface area (Å²) in [6.45, 7) is 0.532. The second-order valence-corrected chi connectivity index (χ2v) is 8.49. The Morgan fingerprint density at radius 1 is 0.971 bits per heavy atom. The largest absolute Gasteiger partial charge is 0.454 e. The number of nitrogens with zero attached hydrogens (tertiary/aromatic N) is 2. The molecule has 1 N–H and O–H groups in total. The first-order valence-corrected chi connectivity index (χ1v) is 11.2. The fourth-order valence-electron chi connectivity index (χ4n) is 3.35. The normalized spacial score (nSPS) is 11.9. The number of halogens is 1. The third-order valence-electron chi connectivity index (χ3n) is 5.08. The Bertz CT molecular complexity index is 1410. The van der Waals surface area contributed by atoms with E-state index < -0.39 is 0 Å². The van der Waals surface area contributed by atoms with Gasteiger partial charge in [-0.05, 0) is 72.3 Å². The maximum Gasteiger partial charge on any atom is 0.271 e. The molecule has 2 heterocycles. The average Bonchev–Trinajstić information content (AvgIpc) is 3.33. The van der Waals surface area contributed by atoms with E-state index in [0.717, 1.165) is 10.5 Å². The lowest BCUT2D eigenvalue weighted by Crippen LogP contribution is -2.23. The number of fused-ring (bicyclic) bond motifs is 1. The minimum atomic E-state index is -0.317. The topological polar surface area (TPSA) is 82.4 Å². The Hall–Kier alpha value is -4.11. The lowest BCUT2D eigenvalue weighted by molar-refractivity contribution is 0.0951. The Morgan fingerprint density at radius 2 is 1.74 bits per heavy atom. The molecule has 0 aliphatic carbocycles. The second-order valence-electron chi connectivity index (χ2n) is 7.39. The lowest BCUT2D eigenvalue weighted by atomic mass is 10.1. The summed E-state index contributed by atoms with van der Waals surface area (Å²) in [5.41, 5.74) is 1.57. The first-order valence-electron chi connectivity index (χ1n) is 10.4. The number of rotatable bonds is 6. The summed E-state index contributed by atoms with van der Waals surface area (Å²) in [5, 5.41) is 7.84. The van der Waals surface area contributed by atoms with Crippen LogP contribution < -0.4 is 20.3 Å². The zero-order chi connectivity index (χ0) is 23.5. The molecular weight excluding hydrogens is 457 g/mol. The SMILES string of the molecule is O=C(NCc1ccc2c(c1)OCO2)c1ccc(-n2nc(Sc3ccc(F)cc3)ccc2=O)cc1. The molecule has 9 heteroatoms. The van der Waals surface area contributed by atoms with Crippen molar-refractivity contribution in [3.8, 4) is 17.2 Å². The highest BCUT2D eigenvalue weighted by molar-refractivity contribution is 7.99. The van der Waals surface area contributed by atoms with Crippen molar-refractivity contribution in [3.63, 3.8) is 0 Å². The molecule has 1 aromatic heterocycles. The number of aromatic nitrogens is 2. The quantitative estimate of drug-likeness (QED) is 0.451. The van der Waals surface area contributed by atoms with Gasteiger partial charge in [0.15, 0.2) is 11.5 Å². The number of hydrogen-bond donors (Lipinski definition) is 1. The van der Waals surface area contributed by atoms with Crippen molar-refractivity contribution < 1.29 is 18.7 Å². The van der Waals surface area contributed by atoms with Gasteiger partial charge >= 0.3 is 0 Å². The molecule has 1 amide bonds. The number of nitrogens with one attached hydrogen (secondary N) is 1. The molecule has 0 radical (unpaired) electrons. The summed E-state index contributed by atoms with van der Waals surface area (Å²) in [6, 6.07) is 21.2. The lowest BCUT2D eigenvalue weighted by Gasteiger charge is -2.09. The highest BCUT2D eigenvalue weighted by Gasteiger charge is 2.14. The molecule has 0 saturated heterocycles. The van der Waals surface area contributed by atoms with Crippen molar-refractivity contribution in [1.82, 2.24) is 15.1 Å². The van der Waals surface area contributed by atoms with Crippen LogP contribution in [-0.4, -0.2) is 22.5 Å². The van der Waals surface area contributed by atoms with Crippen molar-refractivity contribution >= 4 is 17.7 Å². The fourth-order valence-corrected chi connectivity index (χ4v) is 4.12. The first-order chi connectivity index (χ1) is 16.5. The summed E-state index contributed by atoms with van der Waals surface area (Å²) in [5.74, 6) is 0.788. The molecule has 3 aromatic carbocycles. The van der Waals surface area contributed by atoms with Gasteiger partial charge in [0, 0.05) is 23.1 Å². The van der Waals surface area contributed by atoms with Gasteiger partial charge in [0.2, 0.25) is 6.79 Å². The molecule has 1 aliphatic heterocycles. The molecule has 7 nitrogen and oxygen atoms in total. The summed E-state index contributed by atoms with van der Waals surface area (Å²) in [4.78, 5) is 25.7. The van der Waals surface area contributed by atoms with Crippen molar-refractivity contribution in [1.29, 1.82) is 0 Å². The molecule has 34 heavy (non-hydrogen) atoms. The van der Waals surface area contributed by atoms with Crippen LogP contribution in [-0.2, 0) is 6.54 Å². The van der Waals surface area contributed by atoms with Gasteiger partial charge in [0.25, 0.3) is 11.5 Å². The molecule has 4 aromatic rings. The van der Waals surface area contributed by atoms with Crippen LogP contribution in [0.2, 0.25) is 0 Å². The van der Waals surface area contributed by atoms with E-state index in [0.29, 0.717) is 34.3 Å². The number of hydrogen-bond acceptors (Lipinski definition) is 6. The van der Waals surface area contributed by atoms with E-state index in [1.807, 2.05) is 18.2 Å². The van der Waals surface area contributed by atoms with Crippen molar-refractivity contribution in [3.05, 3.63) is 106 Å². The molecule has 0 atom stereocenters. The smallest absolute Gasteiger partial charge is 0.271 e. The standard InChI is InChI=1S/C25H18FN3O4S/c26-18-4-8-20(9-5-18)34-23-11-12-24(30)29(28-23)19-6-2-17(3-7-19)25(31)27-14-16-1-10-21-22(13-16)33-15-32-21/h1-13H,14-15H2,(H,27,31). The molecule has 0 fully saturated rings. The van der Waals surface area contributed by atoms with Gasteiger partial charge in [-0.15, -0.1) is 0 Å². The predicted molar refractivity (Wildman–Crippen MR) is 124 cm³/mol. The van der Waals surface area contributed by atoms with E-state index in [-0.39, 0.29) is 24.1 Å². The third-order valence-corrected chi connectivity index (χ3v) is 6.01. The van der Waals surface area contributed by atoms with Crippen LogP contribution in [0.3, 0.4) is 0 Å². The molecule has 5 rings (SSSR count). The summed E-state index contributed by atoms with van der Waals surface area (Å²) < 4.78 is 25.0. The zero-order valence-electron chi connectivity index (χ0n) is 17.7. The Morgan fingerprint density at radius 3 is 2.53 bits per heavy atom. The molecule has 0 saturated carbocycles. The maximum atomic E-state index is 13.1. The van der Waals surface area contributed by atoms with Gasteiger partial charge in [0.05, 0.1) is 5.69 Å². The minimum absolute atomic E-state index is 0.198. The number of carbonyl (C=O) groups is 1. The molecule has 170 valence electrons. The van der Waals surface area contributed by atoms with Gasteiger partial charge < -0.3 is 14.8 Å². The number of carbonyl (C=O) groups excluding carboxylic acids is 1. The van der Waals surface area contributed by atoms with E-state index in [2.05, 4.69) is 10.4 Å². The molecule has 0 spiro atoms. The fraction of sp³-hybridized carbons (Fsp3) is 0.0800. The Balaban J connectivity index is 1.27. The number of ether oxygens (including phenoxy) is 2. The van der Waals surface area contributed by atoms with Crippen molar-refractivity contribution in [2.45, 2.75) is 16.5 Å². The molecular formula is C25H18FN3O4S. The maximum absolute atomic E-state index is 13.1. The van der Waals surface area contributed by atoms with E-state index in [4.69, 9.17) is 9.47 Å². The van der Waals surface area contributed by atoms with E-state index in [1.54, 1.807) is 42.5 Å². The predicted octanol–water partition coefficient (Wildman–Crippen LogP) is 4.18. The van der Waals surface area contributed by atoms with Crippen LogP contribution in [0.4, 0.5) is 4.39 Å². The summed E-state index contributed by atoms with van der Waals surface area (Å²) in [7, 11) is 0. The van der Waals surface area contributed by atoms with Gasteiger partial charge in [-0.1, -0.05) is 17.8 Å². The van der Waals surface area contributed by atoms with Crippen LogP contribution >= 0.6 is 11.8 Å². The van der Waals surface area contributed by atoms with Crippen LogP contribution in [0.1, 0.15) is 15.9 Å². The van der Waals surface area contributed by atoms with Gasteiger partial charge in [-0.2, -0.15) is 9.78 Å². The van der Waals surface area contributed by atoms with E-state index in [1.165, 1.54) is 34.6 Å². The van der Waals surface area contributed by atoms with E-state index >= 15 is 0 Å². The second kappa shape index (κ2) is 9.40. The monoisotopic (exact) mass is 475 g/mol. The van der Waals surface area contributed by atoms with Gasteiger partial charge in [-0.3, -0.25) is 9.59 Å². The van der Waals surface area contributed by atoms with Crippen molar-refractivity contribution in [2.24, 2.45) is 0 Å². The summed E-state index contributed by atoms with van der Waals surface area (Å²) >= 11 is 1.32. The van der Waals surface area contributed by atoms with E-state index in [9.17, 15) is 14.0 Å². The molecule has 0 bridgehead atoms.